The molecule has 0 aromatic rings. The number of rotatable bonds is 4. The van der Waals surface area contributed by atoms with Crippen LogP contribution in [0.1, 0.15) is 6.92 Å². The molecule has 10 heavy (non-hydrogen) atoms. The number of nitrogens with one attached hydrogen (secondary N) is 1. The van der Waals surface area contributed by atoms with Crippen LogP contribution >= 0.6 is 0 Å². The lowest BCUT2D eigenvalue weighted by Gasteiger charge is -2.01. The molecule has 3 nitrogen and oxygen atoms in total. The van der Waals surface area contributed by atoms with Crippen LogP contribution in [0.25, 0.3) is 0 Å². The number of halogens is 2. The molecule has 0 aliphatic rings. The highest BCUT2D eigenvalue weighted by molar-refractivity contribution is 7.89. The Morgan fingerprint density at radius 3 is 2.30 bits per heavy atom. The SMILES string of the molecule is CCNS(=O)(=O)CC(F)F. The minimum absolute atomic E-state index is 0.148. The maximum atomic E-state index is 11.4. The monoisotopic (exact) mass is 173 g/mol. The average molecular weight is 173 g/mol. The second-order valence-electron chi connectivity index (χ2n) is 1.67. The minimum Gasteiger partial charge on any atom is -0.215 e. The van der Waals surface area contributed by atoms with Gasteiger partial charge in [-0.15, -0.1) is 0 Å². The highest BCUT2D eigenvalue weighted by Crippen LogP contribution is 1.96. The van der Waals surface area contributed by atoms with Crippen LogP contribution in [0.2, 0.25) is 0 Å². The van der Waals surface area contributed by atoms with Gasteiger partial charge in [-0.25, -0.2) is 21.9 Å². The molecule has 0 saturated carbocycles. The summed E-state index contributed by atoms with van der Waals surface area (Å²) in [6.45, 7) is 1.68. The van der Waals surface area contributed by atoms with E-state index in [0.29, 0.717) is 0 Å². The van der Waals surface area contributed by atoms with Gasteiger partial charge >= 0.3 is 0 Å². The first-order valence-electron chi connectivity index (χ1n) is 2.73. The Morgan fingerprint density at radius 2 is 2.00 bits per heavy atom. The van der Waals surface area contributed by atoms with Gasteiger partial charge in [0.05, 0.1) is 0 Å². The molecule has 0 fully saturated rings. The Morgan fingerprint density at radius 1 is 1.50 bits per heavy atom. The Labute approximate surface area is 58.5 Å². The lowest BCUT2D eigenvalue weighted by molar-refractivity contribution is 0.174. The molecule has 0 bridgehead atoms. The normalized spacial score (nSPS) is 12.4. The lowest BCUT2D eigenvalue weighted by atomic mass is 10.8. The summed E-state index contributed by atoms with van der Waals surface area (Å²) in [6, 6.07) is 0. The van der Waals surface area contributed by atoms with Crippen molar-refractivity contribution in [1.29, 1.82) is 0 Å². The number of alkyl halides is 2. The van der Waals surface area contributed by atoms with E-state index in [4.69, 9.17) is 0 Å². The maximum Gasteiger partial charge on any atom is 0.253 e. The molecule has 0 aromatic carbocycles. The zero-order valence-electron chi connectivity index (χ0n) is 5.47. The zero-order chi connectivity index (χ0) is 8.20. The molecule has 0 atom stereocenters. The van der Waals surface area contributed by atoms with E-state index in [1.165, 1.54) is 6.92 Å². The van der Waals surface area contributed by atoms with Crippen LogP contribution in [-0.4, -0.2) is 27.1 Å². The second kappa shape index (κ2) is 3.82. The third-order valence-corrected chi connectivity index (χ3v) is 2.13. The molecule has 0 aliphatic carbocycles. The fourth-order valence-electron chi connectivity index (χ4n) is 0.445. The minimum atomic E-state index is -3.73. The van der Waals surface area contributed by atoms with Crippen LogP contribution < -0.4 is 4.72 Å². The summed E-state index contributed by atoms with van der Waals surface area (Å²) in [5, 5.41) is 0. The van der Waals surface area contributed by atoms with Crippen LogP contribution in [0.5, 0.6) is 0 Å². The van der Waals surface area contributed by atoms with Crippen molar-refractivity contribution in [2.24, 2.45) is 0 Å². The first kappa shape index (κ1) is 9.77. The zero-order valence-corrected chi connectivity index (χ0v) is 6.29. The second-order valence-corrected chi connectivity index (χ2v) is 3.52. The van der Waals surface area contributed by atoms with Crippen LogP contribution in [0, 0.1) is 0 Å². The van der Waals surface area contributed by atoms with Crippen molar-refractivity contribution in [2.75, 3.05) is 12.3 Å². The molecule has 62 valence electrons. The molecule has 0 spiro atoms. The number of hydrogen-bond acceptors (Lipinski definition) is 2. The standard InChI is InChI=1S/C4H9F2NO2S/c1-2-7-10(8,9)3-4(5)6/h4,7H,2-3H2,1H3. The lowest BCUT2D eigenvalue weighted by Crippen LogP contribution is -2.28. The van der Waals surface area contributed by atoms with Crippen LogP contribution in [0.4, 0.5) is 8.78 Å². The first-order valence-corrected chi connectivity index (χ1v) is 4.38. The van der Waals surface area contributed by atoms with E-state index in [9.17, 15) is 17.2 Å². The van der Waals surface area contributed by atoms with E-state index in [1.54, 1.807) is 0 Å². The van der Waals surface area contributed by atoms with Gasteiger partial charge in [0.25, 0.3) is 6.43 Å². The molecule has 6 heteroatoms. The smallest absolute Gasteiger partial charge is 0.215 e. The van der Waals surface area contributed by atoms with Crippen molar-refractivity contribution < 1.29 is 17.2 Å². The van der Waals surface area contributed by atoms with Gasteiger partial charge in [0.2, 0.25) is 10.0 Å². The molecule has 0 rings (SSSR count). The average Bonchev–Trinajstić information content (AvgIpc) is 1.59. The van der Waals surface area contributed by atoms with E-state index in [-0.39, 0.29) is 6.54 Å². The van der Waals surface area contributed by atoms with Gasteiger partial charge in [-0.05, 0) is 0 Å². The first-order chi connectivity index (χ1) is 4.48. The van der Waals surface area contributed by atoms with E-state index in [0.717, 1.165) is 0 Å². The summed E-state index contributed by atoms with van der Waals surface area (Å²) in [5.74, 6) is -1.11. The fourth-order valence-corrected chi connectivity index (χ4v) is 1.33. The van der Waals surface area contributed by atoms with Crippen molar-refractivity contribution in [3.05, 3.63) is 0 Å². The Bertz CT molecular complexity index is 178. The van der Waals surface area contributed by atoms with Crippen LogP contribution in [-0.2, 0) is 10.0 Å². The Kier molecular flexibility index (Phi) is 3.73. The predicted molar refractivity (Wildman–Crippen MR) is 33.5 cm³/mol. The maximum absolute atomic E-state index is 11.4. The molecule has 0 saturated heterocycles. The van der Waals surface area contributed by atoms with Gasteiger partial charge < -0.3 is 0 Å². The van der Waals surface area contributed by atoms with Crippen molar-refractivity contribution >= 4 is 10.0 Å². The molecular weight excluding hydrogens is 164 g/mol. The van der Waals surface area contributed by atoms with Gasteiger partial charge in [0, 0.05) is 6.54 Å². The molecular formula is C4H9F2NO2S. The quantitative estimate of drug-likeness (QED) is 0.659. The van der Waals surface area contributed by atoms with Crippen LogP contribution in [0.3, 0.4) is 0 Å². The summed E-state index contributed by atoms with van der Waals surface area (Å²) in [4.78, 5) is 0. The van der Waals surface area contributed by atoms with Gasteiger partial charge in [0.15, 0.2) is 0 Å². The van der Waals surface area contributed by atoms with Crippen molar-refractivity contribution in [1.82, 2.24) is 4.72 Å². The summed E-state index contributed by atoms with van der Waals surface area (Å²) in [6.07, 6.45) is -2.80. The summed E-state index contributed by atoms with van der Waals surface area (Å²) < 4.78 is 45.7. The Hall–Kier alpha value is -0.230. The van der Waals surface area contributed by atoms with Gasteiger partial charge in [-0.2, -0.15) is 0 Å². The van der Waals surface area contributed by atoms with E-state index >= 15 is 0 Å². The largest absolute Gasteiger partial charge is 0.253 e. The van der Waals surface area contributed by atoms with Gasteiger partial charge in [-0.3, -0.25) is 0 Å². The summed E-state index contributed by atoms with van der Waals surface area (Å²) in [7, 11) is -3.73. The van der Waals surface area contributed by atoms with E-state index in [1.807, 2.05) is 4.72 Å². The topological polar surface area (TPSA) is 46.2 Å². The molecule has 0 aliphatic heterocycles. The van der Waals surface area contributed by atoms with E-state index in [2.05, 4.69) is 0 Å². The van der Waals surface area contributed by atoms with Gasteiger partial charge in [0.1, 0.15) is 5.75 Å². The third-order valence-electron chi connectivity index (χ3n) is 0.710. The number of hydrogen-bond donors (Lipinski definition) is 1. The number of sulfonamides is 1. The van der Waals surface area contributed by atoms with Gasteiger partial charge in [-0.1, -0.05) is 6.92 Å². The highest BCUT2D eigenvalue weighted by Gasteiger charge is 2.15. The van der Waals surface area contributed by atoms with Crippen molar-refractivity contribution in [3.63, 3.8) is 0 Å². The predicted octanol–water partition coefficient (Wildman–Crippen LogP) is 0.191. The fraction of sp³-hybridized carbons (Fsp3) is 1.00. The summed E-state index contributed by atoms with van der Waals surface area (Å²) >= 11 is 0. The van der Waals surface area contributed by atoms with Crippen LogP contribution in [0.15, 0.2) is 0 Å². The molecule has 0 heterocycles. The summed E-state index contributed by atoms with van der Waals surface area (Å²) in [5.41, 5.74) is 0. The van der Waals surface area contributed by atoms with Crippen molar-refractivity contribution in [3.8, 4) is 0 Å². The van der Waals surface area contributed by atoms with E-state index < -0.39 is 22.2 Å². The Balaban J connectivity index is 3.89. The highest BCUT2D eigenvalue weighted by atomic mass is 32.2. The molecule has 1 N–H and O–H groups in total. The molecule has 0 unspecified atom stereocenters. The third kappa shape index (κ3) is 4.63. The molecule has 0 amide bonds. The molecule has 0 aromatic heterocycles. The van der Waals surface area contributed by atoms with Crippen molar-refractivity contribution in [2.45, 2.75) is 13.3 Å². The molecule has 0 radical (unpaired) electrons.